The summed E-state index contributed by atoms with van der Waals surface area (Å²) in [5.74, 6) is 0. The molecule has 0 bridgehead atoms. The number of aliphatic hydroxyl groups excluding tert-OH is 2. The first-order valence-corrected chi connectivity index (χ1v) is 16.1. The topological polar surface area (TPSA) is 100 Å². The van der Waals surface area contributed by atoms with Crippen molar-refractivity contribution < 1.29 is 29.1 Å². The minimum absolute atomic E-state index is 0.122. The molecule has 1 fully saturated rings. The molecule has 1 saturated heterocycles. The van der Waals surface area contributed by atoms with Gasteiger partial charge >= 0.3 is 0 Å². The second-order valence-corrected chi connectivity index (χ2v) is 12.6. The normalized spacial score (nSPS) is 23.2. The number of hydrogen-bond acceptors (Lipinski definition) is 6. The summed E-state index contributed by atoms with van der Waals surface area (Å²) in [5, 5.41) is 22.2. The van der Waals surface area contributed by atoms with Gasteiger partial charge in [-0.2, -0.15) is 0 Å². The number of aliphatic hydroxyl groups is 2. The minimum Gasteiger partial charge on any atom is -0.394 e. The molecular weight excluding hydrogens is 472 g/mol. The van der Waals surface area contributed by atoms with E-state index < -0.39 is 24.9 Å². The van der Waals surface area contributed by atoms with Gasteiger partial charge in [-0.1, -0.05) is 90.4 Å². The van der Waals surface area contributed by atoms with Crippen LogP contribution in [0.5, 0.6) is 0 Å². The van der Waals surface area contributed by atoms with E-state index in [9.17, 15) is 15.1 Å². The summed E-state index contributed by atoms with van der Waals surface area (Å²) in [5.41, 5.74) is 0. The molecular formula is C24H49BNO6PS. The number of rotatable bonds is 23. The van der Waals surface area contributed by atoms with Crippen molar-refractivity contribution in [2.45, 2.75) is 127 Å². The van der Waals surface area contributed by atoms with Crippen molar-refractivity contribution in [2.24, 2.45) is 0 Å². The third kappa shape index (κ3) is 17.0. The fourth-order valence-electron chi connectivity index (χ4n) is 4.18. The maximum Gasteiger partial charge on any atom is 0.259 e. The highest BCUT2D eigenvalue weighted by Gasteiger charge is 2.35. The standard InChI is InChI=1S/C24H49BNO6PS/c1-2-3-4-5-6-7-8-9-10-11-12-13-14-15-16-30-19-21(28)20-31-33(29,34)26-22-17-24(25)32-23(22)18-27/h21-24,27-28H,2-20H2,1H3,(H2,26,29,34)/t21?,22?,23-,24-,33?/m1/s1. The first-order chi connectivity index (χ1) is 16.4. The quantitative estimate of drug-likeness (QED) is 0.0897. The largest absolute Gasteiger partial charge is 0.394 e. The second kappa shape index (κ2) is 20.5. The van der Waals surface area contributed by atoms with Crippen LogP contribution < -0.4 is 5.09 Å². The lowest BCUT2D eigenvalue weighted by Gasteiger charge is -2.25. The predicted octanol–water partition coefficient (Wildman–Crippen LogP) is 4.31. The molecule has 4 N–H and O–H groups in total. The number of nitrogens with one attached hydrogen (secondary N) is 1. The summed E-state index contributed by atoms with van der Waals surface area (Å²) in [6, 6.07) is -0.900. The molecule has 0 saturated carbocycles. The van der Waals surface area contributed by atoms with E-state index in [1.807, 2.05) is 0 Å². The summed E-state index contributed by atoms with van der Waals surface area (Å²) in [7, 11) is 5.71. The van der Waals surface area contributed by atoms with Gasteiger partial charge in [0.25, 0.3) is 6.64 Å². The van der Waals surface area contributed by atoms with Crippen LogP contribution in [0.25, 0.3) is 0 Å². The van der Waals surface area contributed by atoms with Gasteiger partial charge in [0.2, 0.25) is 0 Å². The molecule has 0 aliphatic carbocycles. The Kier molecular flexibility index (Phi) is 19.6. The number of ether oxygens (including phenoxy) is 2. The second-order valence-electron chi connectivity index (χ2n) is 9.51. The van der Waals surface area contributed by atoms with E-state index in [1.165, 1.54) is 77.0 Å². The lowest BCUT2D eigenvalue weighted by Crippen LogP contribution is -2.37. The monoisotopic (exact) mass is 521 g/mol. The number of hydrogen-bond donors (Lipinski definition) is 4. The Labute approximate surface area is 214 Å². The van der Waals surface area contributed by atoms with Crippen molar-refractivity contribution in [3.05, 3.63) is 0 Å². The molecule has 1 heterocycles. The molecule has 200 valence electrons. The van der Waals surface area contributed by atoms with Gasteiger partial charge < -0.3 is 29.1 Å². The van der Waals surface area contributed by atoms with E-state index in [0.717, 1.165) is 12.8 Å². The molecule has 1 aliphatic heterocycles. The molecule has 3 unspecified atom stereocenters. The van der Waals surface area contributed by atoms with Gasteiger partial charge in [0.1, 0.15) is 14.0 Å². The Morgan fingerprint density at radius 2 is 1.50 bits per heavy atom. The zero-order chi connectivity index (χ0) is 25.1. The van der Waals surface area contributed by atoms with Crippen LogP contribution in [0.3, 0.4) is 0 Å². The van der Waals surface area contributed by atoms with E-state index in [2.05, 4.69) is 12.0 Å². The zero-order valence-electron chi connectivity index (χ0n) is 21.2. The van der Waals surface area contributed by atoms with Crippen molar-refractivity contribution in [3.8, 4) is 0 Å². The van der Waals surface area contributed by atoms with Gasteiger partial charge in [-0.3, -0.25) is 0 Å². The van der Waals surface area contributed by atoms with Crippen LogP contribution >= 0.6 is 6.64 Å². The van der Waals surface area contributed by atoms with Crippen molar-refractivity contribution in [3.63, 3.8) is 0 Å². The Morgan fingerprint density at radius 3 is 2.03 bits per heavy atom. The Morgan fingerprint density at radius 1 is 0.971 bits per heavy atom. The third-order valence-electron chi connectivity index (χ3n) is 6.19. The summed E-state index contributed by atoms with van der Waals surface area (Å²) in [6.07, 6.45) is 17.4. The van der Waals surface area contributed by atoms with Crippen molar-refractivity contribution >= 4 is 26.3 Å². The van der Waals surface area contributed by atoms with Crippen LogP contribution in [0.15, 0.2) is 0 Å². The Bertz CT molecular complexity index is 536. The number of unbranched alkanes of at least 4 members (excludes halogenated alkanes) is 13. The lowest BCUT2D eigenvalue weighted by atomic mass is 9.95. The van der Waals surface area contributed by atoms with Crippen LogP contribution in [0, 0.1) is 0 Å². The highest BCUT2D eigenvalue weighted by atomic mass is 32.5. The van der Waals surface area contributed by atoms with Crippen LogP contribution in [0.1, 0.15) is 103 Å². The summed E-state index contributed by atoms with van der Waals surface area (Å²) in [6.45, 7) is -0.662. The predicted molar refractivity (Wildman–Crippen MR) is 143 cm³/mol. The molecule has 2 radical (unpaired) electrons. The first kappa shape index (κ1) is 32.5. The van der Waals surface area contributed by atoms with Crippen LogP contribution in [-0.2, 0) is 25.8 Å². The average Bonchev–Trinajstić information content (AvgIpc) is 3.15. The SMILES string of the molecule is [B][C@H]1CC(NP(O)(=S)OCC(O)COCCCCCCCCCCCCCCCC)[C@@H](CO)O1. The molecule has 34 heavy (non-hydrogen) atoms. The third-order valence-corrected chi connectivity index (χ3v) is 7.98. The summed E-state index contributed by atoms with van der Waals surface area (Å²) >= 11 is 5.09. The van der Waals surface area contributed by atoms with Crippen LogP contribution in [0.4, 0.5) is 0 Å². The Hall–Kier alpha value is 0.435. The molecule has 0 spiro atoms. The molecule has 1 rings (SSSR count). The van der Waals surface area contributed by atoms with E-state index in [4.69, 9.17) is 33.7 Å². The highest BCUT2D eigenvalue weighted by molar-refractivity contribution is 8.08. The molecule has 0 aromatic carbocycles. The smallest absolute Gasteiger partial charge is 0.259 e. The average molecular weight is 522 g/mol. The summed E-state index contributed by atoms with van der Waals surface area (Å²) in [4.78, 5) is 10.3. The van der Waals surface area contributed by atoms with Crippen LogP contribution in [0.2, 0.25) is 0 Å². The minimum atomic E-state index is -3.33. The van der Waals surface area contributed by atoms with Gasteiger partial charge in [0, 0.05) is 18.7 Å². The fourth-order valence-corrected chi connectivity index (χ4v) is 5.91. The van der Waals surface area contributed by atoms with E-state index in [-0.39, 0.29) is 25.9 Å². The lowest BCUT2D eigenvalue weighted by molar-refractivity contribution is 0.00993. The summed E-state index contributed by atoms with van der Waals surface area (Å²) < 4.78 is 16.2. The van der Waals surface area contributed by atoms with Gasteiger partial charge in [0.15, 0.2) is 0 Å². The maximum absolute atomic E-state index is 10.3. The van der Waals surface area contributed by atoms with Gasteiger partial charge in [-0.15, -0.1) is 0 Å². The fraction of sp³-hybridized carbons (Fsp3) is 1.00. The maximum atomic E-state index is 10.3. The van der Waals surface area contributed by atoms with E-state index in [1.54, 1.807) is 0 Å². The van der Waals surface area contributed by atoms with Crippen molar-refractivity contribution in [2.75, 3.05) is 26.4 Å². The molecule has 7 nitrogen and oxygen atoms in total. The van der Waals surface area contributed by atoms with Gasteiger partial charge in [0.05, 0.1) is 25.9 Å². The molecule has 0 amide bonds. The molecule has 0 aromatic rings. The van der Waals surface area contributed by atoms with E-state index in [0.29, 0.717) is 13.0 Å². The Balaban J connectivity index is 1.90. The highest BCUT2D eigenvalue weighted by Crippen LogP contribution is 2.40. The van der Waals surface area contributed by atoms with Crippen molar-refractivity contribution in [1.82, 2.24) is 5.09 Å². The van der Waals surface area contributed by atoms with Crippen molar-refractivity contribution in [1.29, 1.82) is 0 Å². The first-order valence-electron chi connectivity index (χ1n) is 13.4. The van der Waals surface area contributed by atoms with Gasteiger partial charge in [-0.05, 0) is 24.6 Å². The zero-order valence-corrected chi connectivity index (χ0v) is 23.0. The molecule has 5 atom stereocenters. The molecule has 1 aliphatic rings. The van der Waals surface area contributed by atoms with Gasteiger partial charge in [-0.25, -0.2) is 5.09 Å². The van der Waals surface area contributed by atoms with Crippen LogP contribution in [-0.4, -0.2) is 73.6 Å². The molecule has 0 aromatic heterocycles. The van der Waals surface area contributed by atoms with E-state index >= 15 is 0 Å². The molecule has 10 heteroatoms.